The van der Waals surface area contributed by atoms with Crippen molar-refractivity contribution in [2.24, 2.45) is 0 Å². The van der Waals surface area contributed by atoms with E-state index in [0.29, 0.717) is 5.92 Å². The second-order valence-corrected chi connectivity index (χ2v) is 15.7. The number of rotatable bonds is 4. The van der Waals surface area contributed by atoms with E-state index >= 15 is 0 Å². The number of benzene rings is 7. The highest BCUT2D eigenvalue weighted by molar-refractivity contribution is 6.13. The lowest BCUT2D eigenvalue weighted by molar-refractivity contribution is 0.441. The summed E-state index contributed by atoms with van der Waals surface area (Å²) in [5.41, 5.74) is 14.2. The molecule has 56 heavy (non-hydrogen) atoms. The van der Waals surface area contributed by atoms with Crippen LogP contribution in [0.4, 0.5) is 0 Å². The number of ether oxygens (including phenoxy) is 2. The molecule has 1 unspecified atom stereocenters. The summed E-state index contributed by atoms with van der Waals surface area (Å²) in [5.74, 6) is 3.97. The summed E-state index contributed by atoms with van der Waals surface area (Å²) in [4.78, 5) is 0. The van der Waals surface area contributed by atoms with Crippen LogP contribution in [0.2, 0.25) is 0 Å². The normalized spacial score (nSPS) is 17.6. The first-order chi connectivity index (χ1) is 27.8. The standard InChI is InChI=1S/C54H38O2/c1-3-11-33(12-4-1)41-23-19-35-15-7-9-17-39(35)51(41)37-21-25-43-45-27-28-46-44-26-22-38(32-50(44)56-48-30-29-47(53(45)54(46)48)55-49(43)31-37)52-40-18-10-8-16-36(40)20-24-42(52)34-13-5-2-6-14-34/h1-5,7-13,15-20,22,24,26-32,41H,6,14,21,23,25H2. The van der Waals surface area contributed by atoms with Crippen LogP contribution in [0.5, 0.6) is 17.2 Å². The predicted molar refractivity (Wildman–Crippen MR) is 231 cm³/mol. The first-order valence-corrected chi connectivity index (χ1v) is 20.0. The monoisotopic (exact) mass is 718 g/mol. The van der Waals surface area contributed by atoms with Gasteiger partial charge < -0.3 is 9.47 Å². The molecule has 5 aliphatic rings. The van der Waals surface area contributed by atoms with Crippen LogP contribution in [0.3, 0.4) is 0 Å². The first-order valence-electron chi connectivity index (χ1n) is 20.0. The van der Waals surface area contributed by atoms with Gasteiger partial charge >= 0.3 is 0 Å². The predicted octanol–water partition coefficient (Wildman–Crippen LogP) is 12.8. The van der Waals surface area contributed by atoms with Crippen molar-refractivity contribution in [1.29, 1.82) is 0 Å². The van der Waals surface area contributed by atoms with E-state index in [0.717, 1.165) is 71.4 Å². The molecule has 0 fully saturated rings. The Balaban J connectivity index is 0.974. The Morgan fingerprint density at radius 1 is 0.571 bits per heavy atom. The van der Waals surface area contributed by atoms with E-state index in [1.807, 2.05) is 0 Å². The van der Waals surface area contributed by atoms with Crippen LogP contribution in [0.1, 0.15) is 54.7 Å². The maximum Gasteiger partial charge on any atom is 0.136 e. The van der Waals surface area contributed by atoms with Crippen LogP contribution in [-0.4, -0.2) is 0 Å². The number of fused-ring (bicyclic) bond motifs is 5. The zero-order valence-electron chi connectivity index (χ0n) is 31.0. The molecule has 0 saturated carbocycles. The fourth-order valence-corrected chi connectivity index (χ4v) is 10.1. The summed E-state index contributed by atoms with van der Waals surface area (Å²) in [7, 11) is 0. The van der Waals surface area contributed by atoms with Gasteiger partial charge in [-0.1, -0.05) is 133 Å². The lowest BCUT2D eigenvalue weighted by Gasteiger charge is -2.32. The molecule has 1 atom stereocenters. The molecule has 0 spiro atoms. The lowest BCUT2D eigenvalue weighted by Crippen LogP contribution is -2.33. The smallest absolute Gasteiger partial charge is 0.136 e. The van der Waals surface area contributed by atoms with Gasteiger partial charge in [0.15, 0.2) is 0 Å². The van der Waals surface area contributed by atoms with Gasteiger partial charge in [0.05, 0.1) is 0 Å². The van der Waals surface area contributed by atoms with Crippen LogP contribution >= 0.6 is 0 Å². The lowest BCUT2D eigenvalue weighted by atomic mass is 9.76. The molecular weight excluding hydrogens is 681 g/mol. The number of allylic oxidation sites excluding steroid dienone is 7. The molecule has 3 aliphatic carbocycles. The summed E-state index contributed by atoms with van der Waals surface area (Å²) >= 11 is 0. The highest BCUT2D eigenvalue weighted by Crippen LogP contribution is 2.55. The average molecular weight is 719 g/mol. The largest absolute Gasteiger partial charge is 0.456 e. The van der Waals surface area contributed by atoms with E-state index in [1.54, 1.807) is 0 Å². The van der Waals surface area contributed by atoms with E-state index in [4.69, 9.17) is 9.47 Å². The summed E-state index contributed by atoms with van der Waals surface area (Å²) in [5, 5.41) is 7.48. The minimum absolute atomic E-state index is 0.313. The van der Waals surface area contributed by atoms with Crippen molar-refractivity contribution in [3.63, 3.8) is 0 Å². The molecule has 2 heterocycles. The molecule has 0 saturated heterocycles. The van der Waals surface area contributed by atoms with Gasteiger partial charge in [-0.3, -0.25) is 0 Å². The molecule has 0 bridgehead atoms. The molecule has 2 heteroatoms. The second-order valence-electron chi connectivity index (χ2n) is 15.7. The molecule has 7 aromatic rings. The third kappa shape index (κ3) is 4.82. The highest BCUT2D eigenvalue weighted by atomic mass is 16.5. The molecule has 2 aliphatic heterocycles. The van der Waals surface area contributed by atoms with Crippen LogP contribution in [0, 0.1) is 0 Å². The van der Waals surface area contributed by atoms with Crippen molar-refractivity contribution in [3.8, 4) is 39.5 Å². The Morgan fingerprint density at radius 3 is 2.27 bits per heavy atom. The topological polar surface area (TPSA) is 18.5 Å². The highest BCUT2D eigenvalue weighted by Gasteiger charge is 2.32. The van der Waals surface area contributed by atoms with E-state index in [9.17, 15) is 0 Å². The zero-order chi connectivity index (χ0) is 36.7. The van der Waals surface area contributed by atoms with Crippen molar-refractivity contribution in [1.82, 2.24) is 0 Å². The molecule has 0 N–H and O–H groups in total. The third-order valence-corrected chi connectivity index (χ3v) is 12.7. The van der Waals surface area contributed by atoms with Gasteiger partial charge in [0.2, 0.25) is 0 Å². The van der Waals surface area contributed by atoms with E-state index in [1.165, 1.54) is 76.9 Å². The summed E-state index contributed by atoms with van der Waals surface area (Å²) < 4.78 is 13.8. The van der Waals surface area contributed by atoms with Crippen molar-refractivity contribution in [3.05, 3.63) is 196 Å². The number of hydrogen-bond donors (Lipinski definition) is 0. The Kier molecular flexibility index (Phi) is 7.04. The zero-order valence-corrected chi connectivity index (χ0v) is 31.0. The van der Waals surface area contributed by atoms with Gasteiger partial charge in [-0.05, 0) is 134 Å². The Hall–Kier alpha value is -6.64. The minimum Gasteiger partial charge on any atom is -0.456 e. The van der Waals surface area contributed by atoms with E-state index < -0.39 is 0 Å². The van der Waals surface area contributed by atoms with Gasteiger partial charge in [-0.15, -0.1) is 0 Å². The molecule has 12 rings (SSSR count). The molecule has 7 aromatic carbocycles. The molecule has 2 nitrogen and oxygen atoms in total. The fourth-order valence-electron chi connectivity index (χ4n) is 10.1. The summed E-state index contributed by atoms with van der Waals surface area (Å²) in [6, 6.07) is 48.9. The molecule has 0 radical (unpaired) electrons. The molecule has 0 aromatic heterocycles. The Bertz CT molecular complexity index is 3100. The van der Waals surface area contributed by atoms with Crippen molar-refractivity contribution in [2.45, 2.75) is 38.0 Å². The van der Waals surface area contributed by atoms with Gasteiger partial charge in [0, 0.05) is 27.8 Å². The van der Waals surface area contributed by atoms with Crippen LogP contribution in [0.25, 0.3) is 66.6 Å². The van der Waals surface area contributed by atoms with Crippen molar-refractivity contribution in [2.75, 3.05) is 0 Å². The van der Waals surface area contributed by atoms with E-state index in [-0.39, 0.29) is 0 Å². The maximum atomic E-state index is 6.93. The average Bonchev–Trinajstić information content (AvgIpc) is 3.27. The molecular formula is C54H38O2. The number of hydrogen-bond acceptors (Lipinski definition) is 2. The van der Waals surface area contributed by atoms with Gasteiger partial charge in [-0.2, -0.15) is 0 Å². The van der Waals surface area contributed by atoms with Gasteiger partial charge in [0.25, 0.3) is 0 Å². The fraction of sp³-hybridized carbons (Fsp3) is 0.111. The minimum atomic E-state index is 0.313. The SMILES string of the molecule is C1=CCCC(c2ccc3ccccc3c2-c2ccc3c(c2)Oc2ccc4c5c(ccc-3c25)C2=C(C=C(C3=c5ccccc5=CCC3c3ccccc3)CC2)O4)=C1. The Morgan fingerprint density at radius 2 is 1.36 bits per heavy atom. The summed E-state index contributed by atoms with van der Waals surface area (Å²) in [6.07, 6.45) is 16.5. The quantitative estimate of drug-likeness (QED) is 0.180. The van der Waals surface area contributed by atoms with Crippen LogP contribution in [-0.2, 0) is 0 Å². The van der Waals surface area contributed by atoms with Crippen LogP contribution < -0.4 is 19.9 Å². The third-order valence-electron chi connectivity index (χ3n) is 12.7. The van der Waals surface area contributed by atoms with E-state index in [2.05, 4.69) is 164 Å². The van der Waals surface area contributed by atoms with Crippen molar-refractivity contribution >= 4 is 44.3 Å². The van der Waals surface area contributed by atoms with Crippen LogP contribution in [0.15, 0.2) is 169 Å². The van der Waals surface area contributed by atoms with Gasteiger partial charge in [-0.25, -0.2) is 0 Å². The van der Waals surface area contributed by atoms with Gasteiger partial charge in [0.1, 0.15) is 23.0 Å². The Labute approximate surface area is 326 Å². The first kappa shape index (κ1) is 31.7. The maximum absolute atomic E-state index is 6.93. The van der Waals surface area contributed by atoms with Crippen molar-refractivity contribution < 1.29 is 9.47 Å². The second kappa shape index (κ2) is 12.4. The molecule has 0 amide bonds. The molecule has 266 valence electrons. The summed E-state index contributed by atoms with van der Waals surface area (Å²) in [6.45, 7) is 0.